The lowest BCUT2D eigenvalue weighted by Crippen LogP contribution is -2.60. The number of carbonyl (C=O) groups is 4. The number of aliphatic hydroxyl groups excluding tert-OH is 3. The van der Waals surface area contributed by atoms with Crippen LogP contribution in [0.3, 0.4) is 0 Å². The molecule has 13 heteroatoms. The van der Waals surface area contributed by atoms with Gasteiger partial charge in [-0.15, -0.1) is 0 Å². The van der Waals surface area contributed by atoms with E-state index < -0.39 is 42.8 Å². The maximum atomic E-state index is 12.4. The van der Waals surface area contributed by atoms with Crippen LogP contribution in [0, 0.1) is 0 Å². The number of benzene rings is 1. The standard InChI is InChI=1S/C43H67NO12/c1-54-36(41(51)44-30-29-32-25-27-35(47)28-26-32)24-18-11-7-6-10-15-21-34(46)23-17-13-16-22-33(45)20-14-9-5-3-2-4-8-12-19-31-55-43-39(50)37(48)38(49)40(56-43)42(52)53/h2-3,7,11,25-28,36-40,43,47-50H,4-6,8-10,12-24,29-31H2,1H3,(H,44,51)(H,52,53). The van der Waals surface area contributed by atoms with Crippen LogP contribution >= 0.6 is 0 Å². The van der Waals surface area contributed by atoms with Crippen LogP contribution in [0.15, 0.2) is 48.6 Å². The van der Waals surface area contributed by atoms with Crippen molar-refractivity contribution >= 4 is 23.4 Å². The SMILES string of the molecule is COC(CCC=CCCCCC(=O)CCCCCC(=O)CCCCC=CCCCCCOC1OC(C(=O)O)C(O)C(O)C1O)C(=O)NCCc1ccc(O)cc1. The summed E-state index contributed by atoms with van der Waals surface area (Å²) in [7, 11) is 1.54. The number of aromatic hydroxyl groups is 1. The minimum atomic E-state index is -1.73. The van der Waals surface area contributed by atoms with Crippen molar-refractivity contribution in [3.05, 3.63) is 54.1 Å². The zero-order valence-corrected chi connectivity index (χ0v) is 33.2. The Hall–Kier alpha value is -3.46. The summed E-state index contributed by atoms with van der Waals surface area (Å²) in [6.07, 6.45) is 15.7. The summed E-state index contributed by atoms with van der Waals surface area (Å²) in [5.41, 5.74) is 1.04. The van der Waals surface area contributed by atoms with E-state index in [1.54, 1.807) is 19.2 Å². The van der Waals surface area contributed by atoms with Gasteiger partial charge in [0.05, 0.1) is 0 Å². The van der Waals surface area contributed by atoms with Crippen LogP contribution in [0.2, 0.25) is 0 Å². The monoisotopic (exact) mass is 789 g/mol. The minimum Gasteiger partial charge on any atom is -0.508 e. The van der Waals surface area contributed by atoms with E-state index in [0.29, 0.717) is 51.5 Å². The maximum absolute atomic E-state index is 12.4. The molecule has 1 amide bonds. The lowest BCUT2D eigenvalue weighted by molar-refractivity contribution is -0.294. The first-order valence-electron chi connectivity index (χ1n) is 20.5. The highest BCUT2D eigenvalue weighted by Gasteiger charge is 2.47. The average Bonchev–Trinajstić information content (AvgIpc) is 3.18. The molecule has 1 aliphatic rings. The van der Waals surface area contributed by atoms with Crippen LogP contribution in [0.1, 0.15) is 128 Å². The van der Waals surface area contributed by atoms with Gasteiger partial charge in [0.15, 0.2) is 12.4 Å². The second-order valence-corrected chi connectivity index (χ2v) is 14.5. The molecule has 6 atom stereocenters. The Morgan fingerprint density at radius 3 is 1.79 bits per heavy atom. The summed E-state index contributed by atoms with van der Waals surface area (Å²) < 4.78 is 15.9. The molecule has 0 aromatic heterocycles. The number of carboxylic acids is 1. The number of allylic oxidation sites excluding steroid dienone is 4. The number of ketones is 2. The molecule has 6 unspecified atom stereocenters. The van der Waals surface area contributed by atoms with Crippen LogP contribution in [0.4, 0.5) is 0 Å². The summed E-state index contributed by atoms with van der Waals surface area (Å²) in [5, 5.41) is 50.9. The summed E-state index contributed by atoms with van der Waals surface area (Å²) in [6, 6.07) is 6.93. The van der Waals surface area contributed by atoms with E-state index in [9.17, 15) is 39.6 Å². The Kier molecular flexibility index (Phi) is 25.9. The third-order valence-corrected chi connectivity index (χ3v) is 9.83. The maximum Gasteiger partial charge on any atom is 0.335 e. The third-order valence-electron chi connectivity index (χ3n) is 9.83. The summed E-state index contributed by atoms with van der Waals surface area (Å²) in [5.74, 6) is -0.773. The average molecular weight is 790 g/mol. The van der Waals surface area contributed by atoms with Gasteiger partial charge in [0.2, 0.25) is 5.91 Å². The van der Waals surface area contributed by atoms with Crippen molar-refractivity contribution in [2.75, 3.05) is 20.3 Å². The number of phenolic OH excluding ortho intramolecular Hbond substituents is 1. The Balaban J connectivity index is 1.35. The predicted octanol–water partition coefficient (Wildman–Crippen LogP) is 5.64. The number of nitrogens with one attached hydrogen (secondary N) is 1. The highest BCUT2D eigenvalue weighted by molar-refractivity contribution is 5.80. The van der Waals surface area contributed by atoms with Crippen LogP contribution < -0.4 is 5.32 Å². The van der Waals surface area contributed by atoms with Crippen molar-refractivity contribution in [2.24, 2.45) is 0 Å². The van der Waals surface area contributed by atoms with Crippen LogP contribution in [0.25, 0.3) is 0 Å². The first kappa shape index (κ1) is 48.7. The molecule has 1 heterocycles. The number of hydrogen-bond donors (Lipinski definition) is 6. The molecule has 1 saturated heterocycles. The lowest BCUT2D eigenvalue weighted by Gasteiger charge is -2.38. The third kappa shape index (κ3) is 21.2. The molecule has 13 nitrogen and oxygen atoms in total. The summed E-state index contributed by atoms with van der Waals surface area (Å²) >= 11 is 0. The van der Waals surface area contributed by atoms with Gasteiger partial charge in [-0.3, -0.25) is 14.4 Å². The first-order chi connectivity index (χ1) is 27.0. The summed E-state index contributed by atoms with van der Waals surface area (Å²) in [6.45, 7) is 0.726. The van der Waals surface area contributed by atoms with Crippen molar-refractivity contribution in [1.29, 1.82) is 0 Å². The molecule has 1 aromatic carbocycles. The van der Waals surface area contributed by atoms with E-state index in [4.69, 9.17) is 19.3 Å². The van der Waals surface area contributed by atoms with Gasteiger partial charge in [0.25, 0.3) is 0 Å². The van der Waals surface area contributed by atoms with Crippen LogP contribution in [-0.2, 0) is 39.8 Å². The second-order valence-electron chi connectivity index (χ2n) is 14.5. The van der Waals surface area contributed by atoms with Gasteiger partial charge in [-0.1, -0.05) is 49.3 Å². The van der Waals surface area contributed by atoms with E-state index >= 15 is 0 Å². The largest absolute Gasteiger partial charge is 0.508 e. The van der Waals surface area contributed by atoms with E-state index in [-0.39, 0.29) is 29.8 Å². The number of carboxylic acid groups (broad SMARTS) is 1. The Morgan fingerprint density at radius 1 is 0.714 bits per heavy atom. The molecule has 1 fully saturated rings. The van der Waals surface area contributed by atoms with Gasteiger partial charge in [-0.2, -0.15) is 0 Å². The number of amides is 1. The molecule has 0 bridgehead atoms. The number of rotatable bonds is 32. The molecule has 0 spiro atoms. The van der Waals surface area contributed by atoms with Gasteiger partial charge in [0, 0.05) is 45.9 Å². The lowest BCUT2D eigenvalue weighted by atomic mass is 9.99. The molecule has 316 valence electrons. The zero-order chi connectivity index (χ0) is 41.0. The molecule has 6 N–H and O–H groups in total. The normalized spacial score (nSPS) is 20.4. The van der Waals surface area contributed by atoms with E-state index in [2.05, 4.69) is 29.6 Å². The van der Waals surface area contributed by atoms with Gasteiger partial charge >= 0.3 is 5.97 Å². The number of aliphatic carboxylic acids is 1. The van der Waals surface area contributed by atoms with Crippen molar-refractivity contribution in [2.45, 2.75) is 165 Å². The van der Waals surface area contributed by atoms with Gasteiger partial charge in [0.1, 0.15) is 41.7 Å². The van der Waals surface area contributed by atoms with E-state index in [1.807, 2.05) is 12.1 Å². The second kappa shape index (κ2) is 29.7. The van der Waals surface area contributed by atoms with E-state index in [1.165, 1.54) is 0 Å². The molecule has 0 saturated carbocycles. The summed E-state index contributed by atoms with van der Waals surface area (Å²) in [4.78, 5) is 48.1. The number of unbranched alkanes of at least 4 members (excludes halogenated alkanes) is 9. The van der Waals surface area contributed by atoms with Gasteiger partial charge in [-0.25, -0.2) is 4.79 Å². The van der Waals surface area contributed by atoms with Crippen LogP contribution in [-0.4, -0.2) is 106 Å². The number of hydrogen-bond acceptors (Lipinski definition) is 11. The number of Topliss-reactive ketones (excluding diaryl/α,β-unsaturated/α-hetero) is 2. The Labute approximate surface area is 332 Å². The number of carbonyl (C=O) groups excluding carboxylic acids is 3. The van der Waals surface area contributed by atoms with E-state index in [0.717, 1.165) is 89.0 Å². The molecule has 1 aliphatic heterocycles. The van der Waals surface area contributed by atoms with Crippen molar-refractivity contribution < 1.29 is 58.9 Å². The highest BCUT2D eigenvalue weighted by atomic mass is 16.7. The molecule has 56 heavy (non-hydrogen) atoms. The molecular weight excluding hydrogens is 722 g/mol. The highest BCUT2D eigenvalue weighted by Crippen LogP contribution is 2.23. The number of aliphatic hydroxyl groups is 3. The fraction of sp³-hybridized carbons (Fsp3) is 0.674. The molecule has 2 rings (SSSR count). The fourth-order valence-corrected chi connectivity index (χ4v) is 6.35. The van der Waals surface area contributed by atoms with Gasteiger partial charge < -0.3 is 45.1 Å². The minimum absolute atomic E-state index is 0.127. The molecule has 1 aromatic rings. The molecule has 0 radical (unpaired) electrons. The zero-order valence-electron chi connectivity index (χ0n) is 33.2. The molecule has 0 aliphatic carbocycles. The Bertz CT molecular complexity index is 1320. The fourth-order valence-electron chi connectivity index (χ4n) is 6.35. The first-order valence-corrected chi connectivity index (χ1v) is 20.5. The van der Waals surface area contributed by atoms with Gasteiger partial charge in [-0.05, 0) is 108 Å². The molecular formula is C43H67NO12. The smallest absolute Gasteiger partial charge is 0.335 e. The quantitative estimate of drug-likeness (QED) is 0.0387. The number of ether oxygens (including phenoxy) is 3. The number of methoxy groups -OCH3 is 1. The van der Waals surface area contributed by atoms with Crippen LogP contribution in [0.5, 0.6) is 5.75 Å². The topological polar surface area (TPSA) is 209 Å². The van der Waals surface area contributed by atoms with Crippen molar-refractivity contribution in [3.63, 3.8) is 0 Å². The van der Waals surface area contributed by atoms with Crippen molar-refractivity contribution in [1.82, 2.24) is 5.32 Å². The Morgan fingerprint density at radius 2 is 1.23 bits per heavy atom. The predicted molar refractivity (Wildman–Crippen MR) is 212 cm³/mol. The number of phenols is 1. The van der Waals surface area contributed by atoms with Crippen molar-refractivity contribution in [3.8, 4) is 5.75 Å².